The lowest BCUT2D eigenvalue weighted by atomic mass is 10.2. The van der Waals surface area contributed by atoms with Crippen LogP contribution in [0.2, 0.25) is 0 Å². The minimum absolute atomic E-state index is 0.102. The van der Waals surface area contributed by atoms with Crippen LogP contribution in [-0.4, -0.2) is 24.3 Å². The zero-order valence-electron chi connectivity index (χ0n) is 9.72. The van der Waals surface area contributed by atoms with Crippen LogP contribution in [0.1, 0.15) is 5.56 Å². The van der Waals surface area contributed by atoms with Crippen molar-refractivity contribution >= 4 is 22.0 Å². The summed E-state index contributed by atoms with van der Waals surface area (Å²) in [6, 6.07) is 11.9. The molecule has 0 aliphatic heterocycles. The van der Waals surface area contributed by atoms with E-state index in [1.165, 1.54) is 36.5 Å². The van der Waals surface area contributed by atoms with Crippen LogP contribution in [0, 0.1) is 0 Å². The Labute approximate surface area is 110 Å². The van der Waals surface area contributed by atoms with Gasteiger partial charge in [0.25, 0.3) is 0 Å². The number of phenols is 1. The summed E-state index contributed by atoms with van der Waals surface area (Å²) >= 11 is 0. The standard InChI is InChI=1S/C13H11NO4S/c15-13-4-2-1-3-10(13)9-14-11-5-7-12(8-6-11)19(16,17)18/h1-9,15H,(H,16,17,18)/p-1. The number of hydrogen-bond donors (Lipinski definition) is 1. The van der Waals surface area contributed by atoms with E-state index in [4.69, 9.17) is 0 Å². The van der Waals surface area contributed by atoms with Crippen molar-refractivity contribution in [2.45, 2.75) is 4.90 Å². The van der Waals surface area contributed by atoms with Gasteiger partial charge in [-0.25, -0.2) is 8.42 Å². The van der Waals surface area contributed by atoms with Crippen LogP contribution in [0.4, 0.5) is 5.69 Å². The van der Waals surface area contributed by atoms with Gasteiger partial charge in [-0.3, -0.25) is 4.99 Å². The second kappa shape index (κ2) is 5.21. The molecule has 0 fully saturated rings. The average molecular weight is 276 g/mol. The Balaban J connectivity index is 2.23. The average Bonchev–Trinajstić information content (AvgIpc) is 2.37. The van der Waals surface area contributed by atoms with Gasteiger partial charge in [-0.15, -0.1) is 0 Å². The monoisotopic (exact) mass is 276 g/mol. The van der Waals surface area contributed by atoms with Gasteiger partial charge < -0.3 is 9.66 Å². The molecule has 2 aromatic carbocycles. The molecule has 0 spiro atoms. The second-order valence-electron chi connectivity index (χ2n) is 3.77. The molecule has 0 unspecified atom stereocenters. The molecule has 0 aliphatic rings. The van der Waals surface area contributed by atoms with Gasteiger partial charge in [0.15, 0.2) is 0 Å². The predicted octanol–water partition coefficient (Wildman–Crippen LogP) is 2.05. The van der Waals surface area contributed by atoms with E-state index in [0.29, 0.717) is 11.3 Å². The van der Waals surface area contributed by atoms with Crippen LogP contribution in [-0.2, 0) is 10.1 Å². The molecule has 0 heterocycles. The number of phenolic OH excluding ortho intramolecular Hbond substituents is 1. The highest BCUT2D eigenvalue weighted by atomic mass is 32.2. The molecule has 1 N–H and O–H groups in total. The van der Waals surface area contributed by atoms with Gasteiger partial charge in [0, 0.05) is 11.8 Å². The molecule has 5 nitrogen and oxygen atoms in total. The number of rotatable bonds is 3. The van der Waals surface area contributed by atoms with E-state index in [9.17, 15) is 18.1 Å². The summed E-state index contributed by atoms with van der Waals surface area (Å²) in [4.78, 5) is 3.78. The largest absolute Gasteiger partial charge is 0.744 e. The summed E-state index contributed by atoms with van der Waals surface area (Å²) in [5.74, 6) is 0.102. The van der Waals surface area contributed by atoms with E-state index in [2.05, 4.69) is 4.99 Å². The minimum Gasteiger partial charge on any atom is -0.744 e. The highest BCUT2D eigenvalue weighted by Gasteiger charge is 2.00. The highest BCUT2D eigenvalue weighted by molar-refractivity contribution is 7.85. The van der Waals surface area contributed by atoms with Crippen molar-refractivity contribution in [1.82, 2.24) is 0 Å². The normalized spacial score (nSPS) is 11.8. The van der Waals surface area contributed by atoms with Gasteiger partial charge in [-0.1, -0.05) is 12.1 Å². The maximum absolute atomic E-state index is 10.7. The van der Waals surface area contributed by atoms with Crippen molar-refractivity contribution in [2.24, 2.45) is 4.99 Å². The van der Waals surface area contributed by atoms with Crippen LogP contribution in [0.5, 0.6) is 5.75 Å². The number of hydrogen-bond acceptors (Lipinski definition) is 5. The Kier molecular flexibility index (Phi) is 3.64. The van der Waals surface area contributed by atoms with Crippen LogP contribution in [0.15, 0.2) is 58.4 Å². The van der Waals surface area contributed by atoms with Gasteiger partial charge >= 0.3 is 0 Å². The van der Waals surface area contributed by atoms with Crippen molar-refractivity contribution in [1.29, 1.82) is 0 Å². The lowest BCUT2D eigenvalue weighted by molar-refractivity contribution is 0.463. The van der Waals surface area contributed by atoms with Crippen LogP contribution < -0.4 is 0 Å². The zero-order chi connectivity index (χ0) is 13.9. The van der Waals surface area contributed by atoms with Gasteiger partial charge in [0.2, 0.25) is 0 Å². The second-order valence-corrected chi connectivity index (χ2v) is 5.14. The van der Waals surface area contributed by atoms with Crippen molar-refractivity contribution in [2.75, 3.05) is 0 Å². The molecular formula is C13H10NO4S-. The van der Waals surface area contributed by atoms with Gasteiger partial charge in [0.1, 0.15) is 15.9 Å². The smallest absolute Gasteiger partial charge is 0.124 e. The fraction of sp³-hybridized carbons (Fsp3) is 0. The summed E-state index contributed by atoms with van der Waals surface area (Å²) in [5.41, 5.74) is 1.03. The number of nitrogens with zero attached hydrogens (tertiary/aromatic N) is 1. The first-order chi connectivity index (χ1) is 8.97. The van der Waals surface area contributed by atoms with E-state index in [-0.39, 0.29) is 10.6 Å². The number of aliphatic imine (C=N–C) groups is 1. The van der Waals surface area contributed by atoms with Gasteiger partial charge in [0.05, 0.1) is 10.6 Å². The Hall–Kier alpha value is -2.18. The van der Waals surface area contributed by atoms with Crippen molar-refractivity contribution in [3.8, 4) is 5.75 Å². The van der Waals surface area contributed by atoms with E-state index >= 15 is 0 Å². The number of benzene rings is 2. The zero-order valence-corrected chi connectivity index (χ0v) is 10.5. The molecule has 0 saturated carbocycles. The summed E-state index contributed by atoms with van der Waals surface area (Å²) in [6.45, 7) is 0. The van der Waals surface area contributed by atoms with Crippen molar-refractivity contribution in [3.05, 3.63) is 54.1 Å². The summed E-state index contributed by atoms with van der Waals surface area (Å²) in [6.07, 6.45) is 1.45. The third-order valence-electron chi connectivity index (χ3n) is 2.41. The minimum atomic E-state index is -4.44. The Morgan fingerprint density at radius 2 is 1.68 bits per heavy atom. The topological polar surface area (TPSA) is 89.8 Å². The van der Waals surface area contributed by atoms with E-state index in [0.717, 1.165) is 0 Å². The van der Waals surface area contributed by atoms with E-state index in [1.807, 2.05) is 0 Å². The molecule has 19 heavy (non-hydrogen) atoms. The Morgan fingerprint density at radius 3 is 2.26 bits per heavy atom. The third kappa shape index (κ3) is 3.40. The molecule has 2 rings (SSSR count). The molecule has 0 radical (unpaired) electrons. The maximum atomic E-state index is 10.7. The number of aromatic hydroxyl groups is 1. The first-order valence-corrected chi connectivity index (χ1v) is 6.76. The Bertz CT molecular complexity index is 706. The summed E-state index contributed by atoms with van der Waals surface area (Å²) < 4.78 is 32.2. The first-order valence-electron chi connectivity index (χ1n) is 5.35. The first kappa shape index (κ1) is 13.3. The molecule has 6 heteroatoms. The summed E-state index contributed by atoms with van der Waals surface area (Å²) in [7, 11) is -4.44. The quantitative estimate of drug-likeness (QED) is 0.686. The molecule has 0 atom stereocenters. The van der Waals surface area contributed by atoms with Gasteiger partial charge in [-0.05, 0) is 36.4 Å². The SMILES string of the molecule is O=S(=O)([O-])c1ccc(N=Cc2ccccc2O)cc1. The molecular weight excluding hydrogens is 266 g/mol. The fourth-order valence-corrected chi connectivity index (χ4v) is 1.91. The highest BCUT2D eigenvalue weighted by Crippen LogP contribution is 2.18. The number of para-hydroxylation sites is 1. The maximum Gasteiger partial charge on any atom is 0.124 e. The van der Waals surface area contributed by atoms with Crippen LogP contribution >= 0.6 is 0 Å². The van der Waals surface area contributed by atoms with Crippen molar-refractivity contribution < 1.29 is 18.1 Å². The molecule has 2 aromatic rings. The molecule has 0 aromatic heterocycles. The lowest BCUT2D eigenvalue weighted by Crippen LogP contribution is -1.97. The molecule has 0 saturated heterocycles. The van der Waals surface area contributed by atoms with Crippen LogP contribution in [0.25, 0.3) is 0 Å². The van der Waals surface area contributed by atoms with Crippen molar-refractivity contribution in [3.63, 3.8) is 0 Å². The fourth-order valence-electron chi connectivity index (χ4n) is 1.44. The molecule has 0 aliphatic carbocycles. The lowest BCUT2D eigenvalue weighted by Gasteiger charge is -2.06. The van der Waals surface area contributed by atoms with Gasteiger partial charge in [-0.2, -0.15) is 0 Å². The third-order valence-corrected chi connectivity index (χ3v) is 3.26. The predicted molar refractivity (Wildman–Crippen MR) is 69.8 cm³/mol. The molecule has 98 valence electrons. The molecule has 0 amide bonds. The van der Waals surface area contributed by atoms with E-state index < -0.39 is 10.1 Å². The summed E-state index contributed by atoms with van der Waals surface area (Å²) in [5, 5.41) is 9.53. The van der Waals surface area contributed by atoms with E-state index in [1.54, 1.807) is 18.2 Å². The Morgan fingerprint density at radius 1 is 1.05 bits per heavy atom. The molecule has 0 bridgehead atoms. The van der Waals surface area contributed by atoms with Crippen LogP contribution in [0.3, 0.4) is 0 Å².